The van der Waals surface area contributed by atoms with Gasteiger partial charge < -0.3 is 9.80 Å². The molecule has 4 rings (SSSR count). The molecular weight excluding hydrogens is 388 g/mol. The highest BCUT2D eigenvalue weighted by Crippen LogP contribution is 2.22. The van der Waals surface area contributed by atoms with E-state index in [9.17, 15) is 9.59 Å². The molecule has 0 saturated carbocycles. The summed E-state index contributed by atoms with van der Waals surface area (Å²) in [5.41, 5.74) is 6.32. The van der Waals surface area contributed by atoms with Gasteiger partial charge >= 0.3 is 0 Å². The van der Waals surface area contributed by atoms with Crippen LogP contribution < -0.4 is 15.3 Å². The molecule has 0 bridgehead atoms. The van der Waals surface area contributed by atoms with Gasteiger partial charge in [-0.25, -0.2) is 5.01 Å². The highest BCUT2D eigenvalue weighted by Gasteiger charge is 2.29. The van der Waals surface area contributed by atoms with Gasteiger partial charge in [-0.15, -0.1) is 0 Å². The van der Waals surface area contributed by atoms with Crippen molar-refractivity contribution >= 4 is 34.8 Å². The predicted octanol–water partition coefficient (Wildman–Crippen LogP) is 3.12. The number of rotatable bonds is 3. The molecule has 2 heterocycles. The zero-order valence-corrected chi connectivity index (χ0v) is 17.0. The molecule has 7 heteroatoms. The van der Waals surface area contributed by atoms with Gasteiger partial charge in [0.25, 0.3) is 5.91 Å². The Kier molecular flexibility index (Phi) is 5.45. The fraction of sp³-hybridized carbons (Fsp3) is 0.273. The number of aryl methyl sites for hydroxylation is 1. The van der Waals surface area contributed by atoms with Crippen LogP contribution in [0.2, 0.25) is 5.02 Å². The lowest BCUT2D eigenvalue weighted by atomic mass is 10.2. The minimum absolute atomic E-state index is 0.0825. The van der Waals surface area contributed by atoms with Gasteiger partial charge in [0.15, 0.2) is 0 Å². The van der Waals surface area contributed by atoms with Gasteiger partial charge in [-0.3, -0.25) is 15.0 Å². The third-order valence-corrected chi connectivity index (χ3v) is 5.43. The van der Waals surface area contributed by atoms with Gasteiger partial charge in [-0.05, 0) is 48.9 Å². The van der Waals surface area contributed by atoms with Crippen LogP contribution in [0.15, 0.2) is 60.3 Å². The van der Waals surface area contributed by atoms with E-state index < -0.39 is 0 Å². The fourth-order valence-corrected chi connectivity index (χ4v) is 3.82. The molecule has 0 aromatic heterocycles. The maximum absolute atomic E-state index is 13.0. The highest BCUT2D eigenvalue weighted by atomic mass is 35.5. The molecule has 2 aromatic rings. The lowest BCUT2D eigenvalue weighted by molar-refractivity contribution is -0.128. The van der Waals surface area contributed by atoms with E-state index in [1.165, 1.54) is 5.01 Å². The number of hydrogen-bond acceptors (Lipinski definition) is 4. The molecule has 1 N–H and O–H groups in total. The van der Waals surface area contributed by atoms with Gasteiger partial charge in [0.1, 0.15) is 5.70 Å². The number of piperazine rings is 1. The molecule has 6 nitrogen and oxygen atoms in total. The minimum atomic E-state index is -0.0853. The van der Waals surface area contributed by atoms with Crippen molar-refractivity contribution in [1.29, 1.82) is 0 Å². The number of amides is 2. The second-order valence-corrected chi connectivity index (χ2v) is 7.70. The Morgan fingerprint density at radius 1 is 1.00 bits per heavy atom. The van der Waals surface area contributed by atoms with Crippen molar-refractivity contribution in [2.45, 2.75) is 13.3 Å². The number of hydrazine groups is 1. The van der Waals surface area contributed by atoms with E-state index in [1.807, 2.05) is 60.4 Å². The number of nitrogens with zero attached hydrogens (tertiary/aromatic N) is 3. The van der Waals surface area contributed by atoms with E-state index in [0.717, 1.165) is 30.0 Å². The second-order valence-electron chi connectivity index (χ2n) is 7.26. The van der Waals surface area contributed by atoms with Crippen LogP contribution in [0.5, 0.6) is 0 Å². The minimum Gasteiger partial charge on any atom is -0.368 e. The molecule has 1 saturated heterocycles. The fourth-order valence-electron chi connectivity index (χ4n) is 3.63. The molecule has 150 valence electrons. The number of carbonyl (C=O) groups is 2. The van der Waals surface area contributed by atoms with E-state index in [1.54, 1.807) is 6.08 Å². The van der Waals surface area contributed by atoms with Crippen LogP contribution >= 0.6 is 11.6 Å². The third kappa shape index (κ3) is 4.22. The Morgan fingerprint density at radius 3 is 2.45 bits per heavy atom. The predicted molar refractivity (Wildman–Crippen MR) is 115 cm³/mol. The summed E-state index contributed by atoms with van der Waals surface area (Å²) in [4.78, 5) is 29.4. The summed E-state index contributed by atoms with van der Waals surface area (Å²) in [5, 5.41) is 2.17. The Morgan fingerprint density at radius 2 is 1.72 bits per heavy atom. The summed E-state index contributed by atoms with van der Waals surface area (Å²) >= 11 is 6.09. The molecule has 2 aliphatic heterocycles. The monoisotopic (exact) mass is 410 g/mol. The van der Waals surface area contributed by atoms with Crippen molar-refractivity contribution in [3.63, 3.8) is 0 Å². The summed E-state index contributed by atoms with van der Waals surface area (Å²) in [5.74, 6) is -0.168. The number of hydrogen-bond donors (Lipinski definition) is 1. The molecular formula is C22H23ClN4O2. The van der Waals surface area contributed by atoms with Crippen LogP contribution in [0.25, 0.3) is 0 Å². The van der Waals surface area contributed by atoms with Gasteiger partial charge in [-0.2, -0.15) is 0 Å². The Labute approximate surface area is 175 Å². The van der Waals surface area contributed by atoms with E-state index in [2.05, 4.69) is 10.3 Å². The first-order chi connectivity index (χ1) is 14.0. The van der Waals surface area contributed by atoms with E-state index in [-0.39, 0.29) is 18.2 Å². The lowest BCUT2D eigenvalue weighted by Gasteiger charge is -2.37. The molecule has 0 unspecified atom stereocenters. The molecule has 0 aliphatic carbocycles. The van der Waals surface area contributed by atoms with E-state index in [0.29, 0.717) is 23.8 Å². The normalized spacial score (nSPS) is 17.1. The molecule has 29 heavy (non-hydrogen) atoms. The Hall–Kier alpha value is -2.99. The van der Waals surface area contributed by atoms with Crippen molar-refractivity contribution in [2.75, 3.05) is 36.1 Å². The standard InChI is InChI=1S/C22H23ClN4O2/c1-16-4-2-7-19(14-16)27-21(28)9-8-20(24-27)22(29)26-12-10-25(11-13-26)18-6-3-5-17(23)15-18/h2-8,14-15,24H,9-13H2,1H3. The van der Waals surface area contributed by atoms with Crippen LogP contribution in [0.1, 0.15) is 12.0 Å². The van der Waals surface area contributed by atoms with Crippen molar-refractivity contribution in [2.24, 2.45) is 0 Å². The van der Waals surface area contributed by atoms with Gasteiger partial charge in [0.05, 0.1) is 5.69 Å². The van der Waals surface area contributed by atoms with Crippen LogP contribution in [-0.2, 0) is 9.59 Å². The Bertz CT molecular complexity index is 967. The lowest BCUT2D eigenvalue weighted by Crippen LogP contribution is -2.53. The zero-order chi connectivity index (χ0) is 20.4. The molecule has 0 spiro atoms. The maximum Gasteiger partial charge on any atom is 0.271 e. The quantitative estimate of drug-likeness (QED) is 0.844. The van der Waals surface area contributed by atoms with E-state index >= 15 is 0 Å². The molecule has 2 aromatic carbocycles. The van der Waals surface area contributed by atoms with Crippen molar-refractivity contribution < 1.29 is 9.59 Å². The van der Waals surface area contributed by atoms with Crippen molar-refractivity contribution in [3.8, 4) is 0 Å². The summed E-state index contributed by atoms with van der Waals surface area (Å²) in [6.45, 7) is 4.67. The number of nitrogens with one attached hydrogen (secondary N) is 1. The number of carbonyl (C=O) groups excluding carboxylic acids is 2. The molecule has 2 aliphatic rings. The Balaban J connectivity index is 1.41. The largest absolute Gasteiger partial charge is 0.368 e. The second kappa shape index (κ2) is 8.17. The average Bonchev–Trinajstić information content (AvgIpc) is 2.74. The first-order valence-corrected chi connectivity index (χ1v) is 10.1. The smallest absolute Gasteiger partial charge is 0.271 e. The topological polar surface area (TPSA) is 55.9 Å². The first-order valence-electron chi connectivity index (χ1n) is 9.67. The summed E-state index contributed by atoms with van der Waals surface area (Å²) in [7, 11) is 0. The molecule has 0 atom stereocenters. The number of halogens is 1. The highest BCUT2D eigenvalue weighted by molar-refractivity contribution is 6.30. The SMILES string of the molecule is Cc1cccc(N2NC(C(=O)N3CCN(c4cccc(Cl)c4)CC3)=CCC2=O)c1. The van der Waals surface area contributed by atoms with Crippen LogP contribution in [0.3, 0.4) is 0 Å². The van der Waals surface area contributed by atoms with Crippen LogP contribution in [0, 0.1) is 6.92 Å². The first kappa shape index (κ1) is 19.3. The zero-order valence-electron chi connectivity index (χ0n) is 16.3. The maximum atomic E-state index is 13.0. The summed E-state index contributed by atoms with van der Waals surface area (Å²) in [6.07, 6.45) is 1.88. The summed E-state index contributed by atoms with van der Waals surface area (Å²) < 4.78 is 0. The third-order valence-electron chi connectivity index (χ3n) is 5.19. The van der Waals surface area contributed by atoms with Crippen molar-refractivity contribution in [3.05, 3.63) is 70.9 Å². The molecule has 2 amide bonds. The summed E-state index contributed by atoms with van der Waals surface area (Å²) in [6, 6.07) is 15.4. The average molecular weight is 411 g/mol. The van der Waals surface area contributed by atoms with E-state index in [4.69, 9.17) is 11.6 Å². The van der Waals surface area contributed by atoms with Crippen molar-refractivity contribution in [1.82, 2.24) is 10.3 Å². The van der Waals surface area contributed by atoms with Gasteiger partial charge in [0.2, 0.25) is 5.91 Å². The molecule has 0 radical (unpaired) electrons. The van der Waals surface area contributed by atoms with Gasteiger partial charge in [0, 0.05) is 43.3 Å². The number of benzene rings is 2. The van der Waals surface area contributed by atoms with Crippen LogP contribution in [-0.4, -0.2) is 42.9 Å². The van der Waals surface area contributed by atoms with Crippen LogP contribution in [0.4, 0.5) is 11.4 Å². The molecule has 1 fully saturated rings. The number of anilines is 2. The van der Waals surface area contributed by atoms with Gasteiger partial charge in [-0.1, -0.05) is 29.8 Å².